The van der Waals surface area contributed by atoms with E-state index in [-0.39, 0.29) is 36.7 Å². The predicted octanol–water partition coefficient (Wildman–Crippen LogP) is 6.58. The summed E-state index contributed by atoms with van der Waals surface area (Å²) < 4.78 is 96.1. The van der Waals surface area contributed by atoms with Gasteiger partial charge in [-0.05, 0) is 77.9 Å². The maximum atomic E-state index is 12.5. The normalized spacial score (nSPS) is 12.8. The molecule has 0 aliphatic heterocycles. The molecule has 0 spiro atoms. The summed E-state index contributed by atoms with van der Waals surface area (Å²) in [5.41, 5.74) is 1.37. The number of carboxylic acids is 1. The highest BCUT2D eigenvalue weighted by molar-refractivity contribution is 14.1. The Balaban J connectivity index is 2.09. The lowest BCUT2D eigenvalue weighted by atomic mass is 10.1. The lowest BCUT2D eigenvalue weighted by molar-refractivity contribution is -0.154. The topological polar surface area (TPSA) is 74.2 Å². The first-order valence-electron chi connectivity index (χ1n) is 11.6. The van der Waals surface area contributed by atoms with E-state index in [0.29, 0.717) is 11.3 Å². The second-order valence-corrected chi connectivity index (χ2v) is 9.36. The first-order valence-corrected chi connectivity index (χ1v) is 12.7. The molecule has 6 nitrogen and oxygen atoms in total. The minimum absolute atomic E-state index is 0.0855. The number of allylic oxidation sites excluding steroid dienone is 1. The zero-order valence-electron chi connectivity index (χ0n) is 21.3. The Morgan fingerprint density at radius 3 is 2.10 bits per heavy atom. The molecule has 0 aliphatic carbocycles. The first-order chi connectivity index (χ1) is 18.6. The fourth-order valence-electron chi connectivity index (χ4n) is 3.04. The number of hydrogen-bond donors (Lipinski definition) is 1. The zero-order valence-corrected chi connectivity index (χ0v) is 23.4. The number of benzene rings is 2. The van der Waals surface area contributed by atoms with E-state index in [1.165, 1.54) is 0 Å². The minimum Gasteiger partial charge on any atom is -0.488 e. The predicted molar refractivity (Wildman–Crippen MR) is 142 cm³/mol. The Kier molecular flexibility index (Phi) is 12.4. The number of carbonyl (C=O) groups is 1. The Morgan fingerprint density at radius 1 is 1.00 bits per heavy atom. The lowest BCUT2D eigenvalue weighted by Gasteiger charge is -2.13. The van der Waals surface area contributed by atoms with Crippen LogP contribution in [0.4, 0.5) is 26.3 Å². The van der Waals surface area contributed by atoms with E-state index in [0.717, 1.165) is 27.3 Å². The van der Waals surface area contributed by atoms with Crippen LogP contribution in [0.5, 0.6) is 17.2 Å². The molecule has 1 atom stereocenters. The maximum absolute atomic E-state index is 12.5. The molecular formula is C27H25F6IO6. The van der Waals surface area contributed by atoms with Crippen molar-refractivity contribution >= 4 is 28.6 Å². The average molecular weight is 686 g/mol. The van der Waals surface area contributed by atoms with Gasteiger partial charge in [0.25, 0.3) is 0 Å². The van der Waals surface area contributed by atoms with E-state index in [2.05, 4.69) is 43.9 Å². The fraction of sp³-hybridized carbons (Fsp3) is 0.370. The van der Waals surface area contributed by atoms with Gasteiger partial charge in [0, 0.05) is 24.7 Å². The summed E-state index contributed by atoms with van der Waals surface area (Å²) in [4.78, 5) is 11.3. The van der Waals surface area contributed by atoms with E-state index >= 15 is 0 Å². The SMILES string of the molecule is CCOC(Cc1ccc(OC/C=C(/C)C#Cc2cc(OCC(F)(F)F)cc(OCC(F)(F)F)c2)c(I)c1)C(=O)O. The van der Waals surface area contributed by atoms with Crippen molar-refractivity contribution in [3.63, 3.8) is 0 Å². The molecular weight excluding hydrogens is 661 g/mol. The Morgan fingerprint density at radius 2 is 1.60 bits per heavy atom. The molecule has 1 N–H and O–H groups in total. The van der Waals surface area contributed by atoms with E-state index in [9.17, 15) is 36.2 Å². The highest BCUT2D eigenvalue weighted by Crippen LogP contribution is 2.27. The van der Waals surface area contributed by atoms with E-state index < -0.39 is 37.6 Å². The number of alkyl halides is 6. The third kappa shape index (κ3) is 12.8. The molecule has 0 heterocycles. The van der Waals surface area contributed by atoms with Crippen molar-refractivity contribution in [2.75, 3.05) is 26.4 Å². The van der Waals surface area contributed by atoms with Crippen molar-refractivity contribution < 1.29 is 55.2 Å². The molecule has 0 aromatic heterocycles. The van der Waals surface area contributed by atoms with Gasteiger partial charge in [-0.15, -0.1) is 0 Å². The highest BCUT2D eigenvalue weighted by Gasteiger charge is 2.30. The number of aliphatic carboxylic acids is 1. The number of carboxylic acid groups (broad SMARTS) is 1. The van der Waals surface area contributed by atoms with Gasteiger partial charge in [-0.25, -0.2) is 4.79 Å². The van der Waals surface area contributed by atoms with Gasteiger partial charge in [0.1, 0.15) is 23.9 Å². The largest absolute Gasteiger partial charge is 0.488 e. The molecule has 0 saturated carbocycles. The summed E-state index contributed by atoms with van der Waals surface area (Å²) in [5.74, 6) is 4.22. The molecule has 0 bridgehead atoms. The zero-order chi connectivity index (χ0) is 29.9. The molecule has 2 aromatic rings. The van der Waals surface area contributed by atoms with Gasteiger partial charge >= 0.3 is 18.3 Å². The molecule has 0 radical (unpaired) electrons. The number of halogens is 7. The van der Waals surface area contributed by atoms with Crippen molar-refractivity contribution in [3.8, 4) is 29.1 Å². The summed E-state index contributed by atoms with van der Waals surface area (Å²) in [6.07, 6.45) is -8.41. The third-order valence-electron chi connectivity index (χ3n) is 4.78. The van der Waals surface area contributed by atoms with E-state index in [1.54, 1.807) is 38.1 Å². The molecule has 0 aliphatic rings. The summed E-state index contributed by atoms with van der Waals surface area (Å²) in [6.45, 7) is 0.478. The van der Waals surface area contributed by atoms with Crippen molar-refractivity contribution in [2.24, 2.45) is 0 Å². The number of rotatable bonds is 12. The molecule has 1 unspecified atom stereocenters. The number of hydrogen-bond acceptors (Lipinski definition) is 5. The third-order valence-corrected chi connectivity index (χ3v) is 5.62. The van der Waals surface area contributed by atoms with Gasteiger partial charge in [0.15, 0.2) is 19.3 Å². The van der Waals surface area contributed by atoms with Crippen molar-refractivity contribution in [1.82, 2.24) is 0 Å². The summed E-state index contributed by atoms with van der Waals surface area (Å²) in [5, 5.41) is 9.24. The number of ether oxygens (including phenoxy) is 4. The minimum atomic E-state index is -4.64. The summed E-state index contributed by atoms with van der Waals surface area (Å²) >= 11 is 2.06. The van der Waals surface area contributed by atoms with E-state index in [4.69, 9.17) is 9.47 Å². The standard InChI is InChI=1S/C27H25F6IO6/c1-3-37-24(25(35)36)13-19-6-7-23(22(34)12-19)38-9-8-17(2)4-5-18-10-20(39-15-26(28,29)30)14-21(11-18)40-16-27(31,32)33/h6-8,10-12,14,24H,3,9,13,15-16H2,1-2H3,(H,35,36)/b17-8-. The van der Waals surface area contributed by atoms with Crippen LogP contribution in [0, 0.1) is 15.4 Å². The van der Waals surface area contributed by atoms with Crippen LogP contribution in [-0.2, 0) is 16.0 Å². The Hall–Kier alpha value is -3.12. The Labute approximate surface area is 240 Å². The van der Waals surface area contributed by atoms with E-state index in [1.807, 2.05) is 0 Å². The highest BCUT2D eigenvalue weighted by atomic mass is 127. The lowest BCUT2D eigenvalue weighted by Crippen LogP contribution is -2.26. The fourth-order valence-corrected chi connectivity index (χ4v) is 3.78. The van der Waals surface area contributed by atoms with Crippen LogP contribution < -0.4 is 14.2 Å². The molecule has 218 valence electrons. The summed E-state index contributed by atoms with van der Waals surface area (Å²) in [6, 6.07) is 8.46. The summed E-state index contributed by atoms with van der Waals surface area (Å²) in [7, 11) is 0. The van der Waals surface area contributed by atoms with Crippen LogP contribution in [-0.4, -0.2) is 56.0 Å². The molecule has 2 rings (SSSR count). The van der Waals surface area contributed by atoms with Gasteiger partial charge in [-0.3, -0.25) is 0 Å². The molecule has 13 heteroatoms. The quantitative estimate of drug-likeness (QED) is 0.155. The molecule has 0 fully saturated rings. The Bertz CT molecular complexity index is 1210. The van der Waals surface area contributed by atoms with Gasteiger partial charge < -0.3 is 24.1 Å². The van der Waals surface area contributed by atoms with Crippen LogP contribution >= 0.6 is 22.6 Å². The van der Waals surface area contributed by atoms with Gasteiger partial charge in [-0.2, -0.15) is 26.3 Å². The molecule has 0 amide bonds. The van der Waals surface area contributed by atoms with Crippen molar-refractivity contribution in [2.45, 2.75) is 38.7 Å². The average Bonchev–Trinajstić information content (AvgIpc) is 2.85. The van der Waals surface area contributed by atoms with Gasteiger partial charge in [-0.1, -0.05) is 17.9 Å². The molecule has 0 saturated heterocycles. The maximum Gasteiger partial charge on any atom is 0.422 e. The monoisotopic (exact) mass is 686 g/mol. The molecule has 40 heavy (non-hydrogen) atoms. The van der Waals surface area contributed by atoms with Crippen LogP contribution in [0.1, 0.15) is 25.0 Å². The smallest absolute Gasteiger partial charge is 0.422 e. The first kappa shape index (κ1) is 33.1. The second-order valence-electron chi connectivity index (χ2n) is 8.20. The molecule has 2 aromatic carbocycles. The van der Waals surface area contributed by atoms with Crippen LogP contribution in [0.15, 0.2) is 48.0 Å². The van der Waals surface area contributed by atoms with Crippen molar-refractivity contribution in [1.29, 1.82) is 0 Å². The second kappa shape index (κ2) is 15.0. The van der Waals surface area contributed by atoms with Gasteiger partial charge in [0.2, 0.25) is 0 Å². The van der Waals surface area contributed by atoms with Crippen LogP contribution in [0.3, 0.4) is 0 Å². The van der Waals surface area contributed by atoms with Crippen LogP contribution in [0.2, 0.25) is 0 Å². The van der Waals surface area contributed by atoms with Crippen molar-refractivity contribution in [3.05, 3.63) is 62.7 Å². The van der Waals surface area contributed by atoms with Crippen LogP contribution in [0.25, 0.3) is 0 Å². The van der Waals surface area contributed by atoms with Gasteiger partial charge in [0.05, 0.1) is 3.57 Å².